The van der Waals surface area contributed by atoms with Crippen LogP contribution in [0.2, 0.25) is 23.2 Å². The molecule has 1 atom stereocenters. The predicted octanol–water partition coefficient (Wildman–Crippen LogP) is 5.14. The second kappa shape index (κ2) is 11.8. The maximum atomic E-state index is 15.4. The highest BCUT2D eigenvalue weighted by atomic mass is 35.5. The summed E-state index contributed by atoms with van der Waals surface area (Å²) in [5, 5.41) is 10.7. The molecule has 3 aromatic heterocycles. The van der Waals surface area contributed by atoms with E-state index in [0.717, 1.165) is 6.07 Å². The van der Waals surface area contributed by atoms with E-state index >= 15 is 8.78 Å². The number of tetrazole rings is 1. The number of carbonyl (C=O) groups is 2. The summed E-state index contributed by atoms with van der Waals surface area (Å²) in [4.78, 5) is 48.6. The third kappa shape index (κ3) is 5.91. The van der Waals surface area contributed by atoms with Crippen molar-refractivity contribution in [2.24, 2.45) is 0 Å². The maximum Gasteiger partial charge on any atom is 0.329 e. The molecule has 246 valence electrons. The molecule has 0 amide bonds. The molecule has 1 aliphatic carbocycles. The number of pyridine rings is 1. The molecule has 6 rings (SSSR count). The number of esters is 1. The zero-order valence-electron chi connectivity index (χ0n) is 26.4. The topological polar surface area (TPSA) is 144 Å². The molecule has 0 bridgehead atoms. The minimum absolute atomic E-state index is 0.00344. The van der Waals surface area contributed by atoms with Gasteiger partial charge >= 0.3 is 5.97 Å². The van der Waals surface area contributed by atoms with E-state index in [0.29, 0.717) is 18.7 Å². The van der Waals surface area contributed by atoms with E-state index in [1.54, 1.807) is 0 Å². The third-order valence-corrected chi connectivity index (χ3v) is 14.1. The van der Waals surface area contributed by atoms with Crippen molar-refractivity contribution in [1.82, 2.24) is 34.7 Å². The lowest BCUT2D eigenvalue weighted by Crippen LogP contribution is -2.40. The van der Waals surface area contributed by atoms with Gasteiger partial charge in [-0.2, -0.15) is 4.68 Å². The molecule has 0 saturated heterocycles. The molecule has 4 heterocycles. The fourth-order valence-corrected chi connectivity index (χ4v) is 6.53. The molecular formula is C31H32ClF2N7O5Si. The Kier molecular flexibility index (Phi) is 8.21. The van der Waals surface area contributed by atoms with Gasteiger partial charge in [0.15, 0.2) is 26.6 Å². The van der Waals surface area contributed by atoms with Crippen molar-refractivity contribution < 1.29 is 27.5 Å². The highest BCUT2D eigenvalue weighted by Crippen LogP contribution is 2.57. The molecule has 1 aromatic carbocycles. The molecule has 12 nitrogen and oxygen atoms in total. The van der Waals surface area contributed by atoms with Crippen molar-refractivity contribution in [3.05, 3.63) is 80.9 Å². The Bertz CT molecular complexity index is 1960. The Morgan fingerprint density at radius 1 is 1.15 bits per heavy atom. The fraction of sp³-hybridized carbons (Fsp3) is 0.419. The number of halogens is 3. The second-order valence-electron chi connectivity index (χ2n) is 13.4. The van der Waals surface area contributed by atoms with E-state index in [2.05, 4.69) is 46.3 Å². The van der Waals surface area contributed by atoms with E-state index in [1.807, 2.05) is 13.1 Å². The Hall–Kier alpha value is -4.21. The van der Waals surface area contributed by atoms with Gasteiger partial charge in [-0.25, -0.2) is 18.6 Å². The second-order valence-corrected chi connectivity index (χ2v) is 18.6. The third-order valence-electron chi connectivity index (χ3n) is 9.36. The lowest BCUT2D eigenvalue weighted by Gasteiger charge is -2.36. The summed E-state index contributed by atoms with van der Waals surface area (Å²) < 4.78 is 44.7. The van der Waals surface area contributed by atoms with Crippen molar-refractivity contribution in [1.29, 1.82) is 0 Å². The van der Waals surface area contributed by atoms with Gasteiger partial charge in [-0.05, 0) is 66.0 Å². The van der Waals surface area contributed by atoms with Crippen LogP contribution in [0.5, 0.6) is 0 Å². The molecule has 16 heteroatoms. The van der Waals surface area contributed by atoms with Crippen LogP contribution in [0.15, 0.2) is 41.6 Å². The number of benzene rings is 1. The quantitative estimate of drug-likeness (QED) is 0.132. The number of rotatable bonds is 9. The molecule has 0 radical (unpaired) electrons. The molecule has 1 aliphatic heterocycles. The number of ketones is 1. The molecule has 0 N–H and O–H groups in total. The average molecular weight is 684 g/mol. The first-order valence-electron chi connectivity index (χ1n) is 15.0. The van der Waals surface area contributed by atoms with Gasteiger partial charge < -0.3 is 9.16 Å². The van der Waals surface area contributed by atoms with Gasteiger partial charge in [0.25, 0.3) is 5.56 Å². The van der Waals surface area contributed by atoms with Crippen LogP contribution in [-0.4, -0.2) is 61.4 Å². The summed E-state index contributed by atoms with van der Waals surface area (Å²) >= 11 is 6.09. The summed E-state index contributed by atoms with van der Waals surface area (Å²) in [6.45, 7) is 9.38. The largest absolute Gasteiger partial charge is 0.456 e. The van der Waals surface area contributed by atoms with Crippen LogP contribution in [-0.2, 0) is 26.0 Å². The van der Waals surface area contributed by atoms with Crippen molar-refractivity contribution in [3.8, 4) is 16.9 Å². The van der Waals surface area contributed by atoms with Crippen LogP contribution in [0.3, 0.4) is 0 Å². The number of ether oxygens (including phenoxy) is 1. The number of hydrogen-bond acceptors (Lipinski definition) is 10. The van der Waals surface area contributed by atoms with Gasteiger partial charge in [0, 0.05) is 17.7 Å². The van der Waals surface area contributed by atoms with Gasteiger partial charge in [-0.1, -0.05) is 32.4 Å². The molecule has 2 aliphatic rings. The van der Waals surface area contributed by atoms with Crippen LogP contribution in [0.4, 0.5) is 8.78 Å². The van der Waals surface area contributed by atoms with Gasteiger partial charge in [0.1, 0.15) is 23.9 Å². The summed E-state index contributed by atoms with van der Waals surface area (Å²) in [5.41, 5.74) is -1.37. The molecule has 4 aromatic rings. The Labute approximate surface area is 274 Å². The number of aromatic nitrogens is 7. The molecule has 1 unspecified atom stereocenters. The summed E-state index contributed by atoms with van der Waals surface area (Å²) in [6, 6.07) is 4.10. The van der Waals surface area contributed by atoms with Gasteiger partial charge in [-0.15, -0.1) is 5.10 Å². The summed E-state index contributed by atoms with van der Waals surface area (Å²) in [6.07, 6.45) is 4.08. The summed E-state index contributed by atoms with van der Waals surface area (Å²) in [7, 11) is -2.21. The van der Waals surface area contributed by atoms with Crippen LogP contribution < -0.4 is 5.56 Å². The standard InChI is InChI=1S/C31H32ClF2N7O5Si/c1-30(2,3)47(4,5)46-14-20-26(33)17(8-11-35-20)23(42)15-45-28(44)22-13-31(9-10-31)29-37-19(12-24(43)41(22)29)25-21(40-16-36-38-39-40)7-6-18(32)27(25)34/h6-8,11-12,16,22H,9-10,13-15H2,1-5H3. The van der Waals surface area contributed by atoms with E-state index in [-0.39, 0.29) is 51.3 Å². The average Bonchev–Trinajstić information content (AvgIpc) is 3.43. The molecule has 1 saturated carbocycles. The van der Waals surface area contributed by atoms with Crippen molar-refractivity contribution in [2.75, 3.05) is 6.61 Å². The van der Waals surface area contributed by atoms with Gasteiger partial charge in [0.2, 0.25) is 5.78 Å². The van der Waals surface area contributed by atoms with E-state index in [1.165, 1.54) is 40.0 Å². The summed E-state index contributed by atoms with van der Waals surface area (Å²) in [5.74, 6) is -2.94. The molecule has 1 spiro atoms. The SMILES string of the molecule is CC(C)(C)[Si](C)(C)OCc1nccc(C(=O)COC(=O)C2CC3(CC3)c3nc(-c4c(-n5cnnn5)ccc(Cl)c4F)cc(=O)n32)c1F. The number of Topliss-reactive ketones (excluding diaryl/α,β-unsaturated/α-hetero) is 1. The highest BCUT2D eigenvalue weighted by molar-refractivity contribution is 6.74. The fourth-order valence-electron chi connectivity index (χ4n) is 5.44. The maximum absolute atomic E-state index is 15.4. The minimum Gasteiger partial charge on any atom is -0.456 e. The van der Waals surface area contributed by atoms with E-state index in [9.17, 15) is 14.4 Å². The van der Waals surface area contributed by atoms with Gasteiger partial charge in [0.05, 0.1) is 34.1 Å². The highest BCUT2D eigenvalue weighted by Gasteiger charge is 2.56. The monoisotopic (exact) mass is 683 g/mol. The Balaban J connectivity index is 1.23. The normalized spacial score (nSPS) is 16.7. The first-order chi connectivity index (χ1) is 22.1. The van der Waals surface area contributed by atoms with Crippen molar-refractivity contribution in [3.63, 3.8) is 0 Å². The molecule has 1 fully saturated rings. The smallest absolute Gasteiger partial charge is 0.329 e. The number of carbonyl (C=O) groups excluding carboxylic acids is 2. The number of nitrogens with zero attached hydrogens (tertiary/aromatic N) is 7. The first-order valence-corrected chi connectivity index (χ1v) is 18.3. The van der Waals surface area contributed by atoms with Crippen LogP contribution >= 0.6 is 11.6 Å². The van der Waals surface area contributed by atoms with Gasteiger partial charge in [-0.3, -0.25) is 19.1 Å². The lowest BCUT2D eigenvalue weighted by molar-refractivity contribution is -0.146. The van der Waals surface area contributed by atoms with E-state index < -0.39 is 55.3 Å². The predicted molar refractivity (Wildman–Crippen MR) is 168 cm³/mol. The van der Waals surface area contributed by atoms with E-state index in [4.69, 9.17) is 20.8 Å². The van der Waals surface area contributed by atoms with Crippen LogP contribution in [0.25, 0.3) is 16.9 Å². The molecular weight excluding hydrogens is 652 g/mol. The zero-order valence-corrected chi connectivity index (χ0v) is 28.1. The number of fused-ring (bicyclic) bond motifs is 2. The first kappa shape index (κ1) is 32.7. The minimum atomic E-state index is -2.21. The lowest BCUT2D eigenvalue weighted by atomic mass is 10.0. The van der Waals surface area contributed by atoms with Crippen LogP contribution in [0.1, 0.15) is 68.0 Å². The van der Waals surface area contributed by atoms with Crippen molar-refractivity contribution in [2.45, 2.75) is 76.2 Å². The zero-order chi connectivity index (χ0) is 33.9. The van der Waals surface area contributed by atoms with Crippen molar-refractivity contribution >= 4 is 31.7 Å². The Morgan fingerprint density at radius 3 is 2.55 bits per heavy atom. The molecule has 47 heavy (non-hydrogen) atoms. The number of hydrogen-bond donors (Lipinski definition) is 0. The Morgan fingerprint density at radius 2 is 1.89 bits per heavy atom. The van der Waals surface area contributed by atoms with Crippen LogP contribution in [0, 0.1) is 11.6 Å².